The summed E-state index contributed by atoms with van der Waals surface area (Å²) < 4.78 is 0. The topological polar surface area (TPSA) is 112 Å². The minimum absolute atomic E-state index is 0.234. The number of nitrogens with one attached hydrogen (secondary N) is 3. The van der Waals surface area contributed by atoms with Gasteiger partial charge in [0.2, 0.25) is 0 Å². The van der Waals surface area contributed by atoms with Gasteiger partial charge in [-0.25, -0.2) is 0 Å². The van der Waals surface area contributed by atoms with E-state index in [9.17, 15) is 0 Å². The summed E-state index contributed by atoms with van der Waals surface area (Å²) in [6.07, 6.45) is 0. The minimum Gasteiger partial charge on any atom is -0.271 e. The first-order chi connectivity index (χ1) is 9.33. The highest BCUT2D eigenvalue weighted by atomic mass is 15.7. The van der Waals surface area contributed by atoms with Crippen molar-refractivity contribution in [1.82, 2.24) is 0 Å². The van der Waals surface area contributed by atoms with Crippen molar-refractivity contribution in [2.75, 3.05) is 5.32 Å². The van der Waals surface area contributed by atoms with Gasteiger partial charge >= 0.3 is 5.96 Å². The maximum Gasteiger partial charge on any atom is 0.369 e. The number of hydrogen-bond donors (Lipinski definition) is 3. The summed E-state index contributed by atoms with van der Waals surface area (Å²) in [6.45, 7) is 0. The molecular weight excluding hydrogens is 244 g/mol. The second-order valence-corrected chi connectivity index (χ2v) is 3.82. The Kier molecular flexibility index (Phi) is 2.53. The van der Waals surface area contributed by atoms with Crippen LogP contribution in [0.5, 0.6) is 0 Å². The van der Waals surface area contributed by atoms with Gasteiger partial charge in [0.05, 0.1) is 21.5 Å². The third-order valence-corrected chi connectivity index (χ3v) is 2.77. The maximum absolute atomic E-state index is 7.02. The molecule has 3 rings (SSSR count). The van der Waals surface area contributed by atoms with Crippen molar-refractivity contribution in [3.63, 3.8) is 0 Å². The van der Waals surface area contributed by atoms with Crippen LogP contribution in [0.4, 0.5) is 11.4 Å². The second kappa shape index (κ2) is 4.33. The number of rotatable bonds is 2. The molecule has 8 heteroatoms. The van der Waals surface area contributed by atoms with Crippen molar-refractivity contribution in [3.05, 3.63) is 36.4 Å². The summed E-state index contributed by atoms with van der Waals surface area (Å²) in [4.78, 5) is 5.18. The van der Waals surface area contributed by atoms with E-state index in [0.29, 0.717) is 0 Å². The number of anilines is 1. The minimum atomic E-state index is 0.234. The molecule has 19 heavy (non-hydrogen) atoms. The van der Waals surface area contributed by atoms with Gasteiger partial charge in [-0.3, -0.25) is 5.32 Å². The number of aliphatic imine (C=N–C) groups is 1. The van der Waals surface area contributed by atoms with E-state index < -0.39 is 0 Å². The average molecular weight is 253 g/mol. The first-order valence-corrected chi connectivity index (χ1v) is 5.46. The molecule has 1 aliphatic heterocycles. The van der Waals surface area contributed by atoms with Crippen LogP contribution in [0.2, 0.25) is 0 Å². The van der Waals surface area contributed by atoms with Crippen molar-refractivity contribution in [2.24, 2.45) is 20.7 Å². The molecular formula is C11H9N8+. The van der Waals surface area contributed by atoms with Crippen LogP contribution < -0.4 is 5.32 Å². The predicted octanol–water partition coefficient (Wildman–Crippen LogP) is 3.61. The first-order valence-electron chi connectivity index (χ1n) is 5.46. The summed E-state index contributed by atoms with van der Waals surface area (Å²) in [5.74, 6) is 0.234. The van der Waals surface area contributed by atoms with Gasteiger partial charge in [-0.15, -0.1) is 16.1 Å². The molecule has 0 bridgehead atoms. The van der Waals surface area contributed by atoms with Crippen LogP contribution in [-0.2, 0) is 0 Å². The standard InChI is InChI=1S/C11H9N8/c12-16-18-19(17-13)11-14-8-5-1-3-7-4-2-6-9(15-11)10(7)8/h1-6,12-13H,(H,14,15)/q+1. The molecule has 0 unspecified atom stereocenters. The molecule has 0 amide bonds. The Balaban J connectivity index is 2.23. The molecule has 1 aliphatic rings. The number of guanidine groups is 1. The third-order valence-electron chi connectivity index (χ3n) is 2.77. The molecule has 1 heterocycles. The lowest BCUT2D eigenvalue weighted by Crippen LogP contribution is -2.24. The average Bonchev–Trinajstić information content (AvgIpc) is 2.45. The van der Waals surface area contributed by atoms with E-state index in [1.54, 1.807) is 0 Å². The fraction of sp³-hybridized carbons (Fsp3) is 0. The monoisotopic (exact) mass is 253 g/mol. The first kappa shape index (κ1) is 11.1. The van der Waals surface area contributed by atoms with Gasteiger partial charge in [0.1, 0.15) is 5.69 Å². The molecule has 2 aromatic carbocycles. The zero-order valence-corrected chi connectivity index (χ0v) is 9.70. The van der Waals surface area contributed by atoms with Crippen LogP contribution in [0.3, 0.4) is 0 Å². The van der Waals surface area contributed by atoms with Gasteiger partial charge in [-0.2, -0.15) is 0 Å². The Labute approximate surface area is 107 Å². The summed E-state index contributed by atoms with van der Waals surface area (Å²) >= 11 is 0. The summed E-state index contributed by atoms with van der Waals surface area (Å²) in [5.41, 5.74) is 15.3. The van der Waals surface area contributed by atoms with E-state index in [4.69, 9.17) is 11.1 Å². The quantitative estimate of drug-likeness (QED) is 0.423. The Hall–Kier alpha value is -3.03. The van der Waals surface area contributed by atoms with Crippen molar-refractivity contribution < 1.29 is 4.81 Å². The number of benzene rings is 2. The van der Waals surface area contributed by atoms with Gasteiger partial charge in [0, 0.05) is 10.0 Å². The molecule has 0 aromatic heterocycles. The molecule has 8 nitrogen and oxygen atoms in total. The smallest absolute Gasteiger partial charge is 0.271 e. The Morgan fingerprint density at radius 2 is 1.89 bits per heavy atom. The molecule has 0 atom stereocenters. The molecule has 2 aromatic rings. The molecule has 0 saturated carbocycles. The maximum atomic E-state index is 7.02. The SMILES string of the molecule is N=NN=[N+](N=N)C1=Nc2cccc3cccc(c23)N1. The van der Waals surface area contributed by atoms with Crippen LogP contribution in [-0.4, -0.2) is 10.8 Å². The van der Waals surface area contributed by atoms with E-state index in [1.807, 2.05) is 36.4 Å². The van der Waals surface area contributed by atoms with Gasteiger partial charge in [0.25, 0.3) is 0 Å². The Morgan fingerprint density at radius 1 is 1.11 bits per heavy atom. The summed E-state index contributed by atoms with van der Waals surface area (Å²) in [7, 11) is 0. The molecule has 3 N–H and O–H groups in total. The molecule has 0 aliphatic carbocycles. The van der Waals surface area contributed by atoms with Crippen LogP contribution in [0.15, 0.2) is 57.1 Å². The van der Waals surface area contributed by atoms with Crippen LogP contribution in [0, 0.1) is 11.1 Å². The number of hydrogen-bond acceptors (Lipinski definition) is 4. The highest BCUT2D eigenvalue weighted by molar-refractivity contribution is 6.10. The molecule has 92 valence electrons. The van der Waals surface area contributed by atoms with E-state index in [-0.39, 0.29) is 5.96 Å². The largest absolute Gasteiger partial charge is 0.369 e. The van der Waals surface area contributed by atoms with E-state index >= 15 is 0 Å². The normalized spacial score (nSPS) is 13.7. The zero-order valence-electron chi connectivity index (χ0n) is 9.70. The van der Waals surface area contributed by atoms with Crippen molar-refractivity contribution in [1.29, 1.82) is 11.1 Å². The zero-order chi connectivity index (χ0) is 13.2. The van der Waals surface area contributed by atoms with Gasteiger partial charge in [-0.05, 0) is 17.5 Å². The van der Waals surface area contributed by atoms with Crippen LogP contribution in [0.1, 0.15) is 0 Å². The van der Waals surface area contributed by atoms with Gasteiger partial charge < -0.3 is 0 Å². The van der Waals surface area contributed by atoms with Gasteiger partial charge in [-0.1, -0.05) is 24.3 Å². The fourth-order valence-corrected chi connectivity index (χ4v) is 2.03. The van der Waals surface area contributed by atoms with Crippen molar-refractivity contribution in [2.45, 2.75) is 0 Å². The summed E-state index contributed by atoms with van der Waals surface area (Å²) in [6, 6.07) is 11.6. The van der Waals surface area contributed by atoms with Crippen molar-refractivity contribution >= 4 is 28.1 Å². The van der Waals surface area contributed by atoms with Gasteiger partial charge in [0.15, 0.2) is 0 Å². The highest BCUT2D eigenvalue weighted by Gasteiger charge is 2.22. The lowest BCUT2D eigenvalue weighted by molar-refractivity contribution is -0.502. The van der Waals surface area contributed by atoms with E-state index in [1.165, 1.54) is 0 Å². The van der Waals surface area contributed by atoms with E-state index in [2.05, 4.69) is 26.0 Å². The van der Waals surface area contributed by atoms with Crippen LogP contribution in [0.25, 0.3) is 10.8 Å². The fourth-order valence-electron chi connectivity index (χ4n) is 2.03. The lowest BCUT2D eigenvalue weighted by atomic mass is 10.1. The van der Waals surface area contributed by atoms with Crippen molar-refractivity contribution in [3.8, 4) is 0 Å². The predicted molar refractivity (Wildman–Crippen MR) is 67.6 cm³/mol. The molecule has 0 saturated heterocycles. The molecule has 0 spiro atoms. The highest BCUT2D eigenvalue weighted by Crippen LogP contribution is 2.35. The molecule has 0 radical (unpaired) electrons. The second-order valence-electron chi connectivity index (χ2n) is 3.82. The number of nitrogens with zero attached hydrogens (tertiary/aromatic N) is 5. The third kappa shape index (κ3) is 1.75. The molecule has 0 fully saturated rings. The Bertz CT molecular complexity index is 740. The van der Waals surface area contributed by atoms with E-state index in [0.717, 1.165) is 27.0 Å². The Morgan fingerprint density at radius 3 is 2.63 bits per heavy atom. The summed E-state index contributed by atoms with van der Waals surface area (Å²) in [5, 5.41) is 14.5. The lowest BCUT2D eigenvalue weighted by Gasteiger charge is -2.13. The van der Waals surface area contributed by atoms with Crippen LogP contribution >= 0.6 is 0 Å².